The van der Waals surface area contributed by atoms with Crippen LogP contribution in [-0.2, 0) is 0 Å². The molecule has 7 heteroatoms. The summed E-state index contributed by atoms with van der Waals surface area (Å²) < 4.78 is 0. The van der Waals surface area contributed by atoms with Crippen LogP contribution in [0.25, 0.3) is 0 Å². The van der Waals surface area contributed by atoms with Crippen molar-refractivity contribution < 1.29 is 14.5 Å². The van der Waals surface area contributed by atoms with Crippen molar-refractivity contribution >= 4 is 28.5 Å². The van der Waals surface area contributed by atoms with Crippen LogP contribution in [0.1, 0.15) is 10.4 Å². The zero-order valence-corrected chi connectivity index (χ0v) is 10.2. The van der Waals surface area contributed by atoms with Crippen LogP contribution in [0.4, 0.5) is 10.5 Å². The van der Waals surface area contributed by atoms with Crippen molar-refractivity contribution in [3.8, 4) is 0 Å². The van der Waals surface area contributed by atoms with Gasteiger partial charge in [0, 0.05) is 30.0 Å². The predicted octanol–water partition coefficient (Wildman–Crippen LogP) is 1.95. The number of nitro groups is 1. The largest absolute Gasteiger partial charge is 0.325 e. The van der Waals surface area contributed by atoms with E-state index in [0.717, 1.165) is 0 Å². The van der Waals surface area contributed by atoms with Crippen LogP contribution in [-0.4, -0.2) is 39.7 Å². The van der Waals surface area contributed by atoms with Gasteiger partial charge in [0.1, 0.15) is 0 Å². The monoisotopic (exact) mass is 266 g/mol. The van der Waals surface area contributed by atoms with E-state index in [0.29, 0.717) is 17.9 Å². The van der Waals surface area contributed by atoms with Gasteiger partial charge in [-0.05, 0) is 12.1 Å². The molecule has 0 bridgehead atoms. The first-order valence-electron chi connectivity index (χ1n) is 5.27. The summed E-state index contributed by atoms with van der Waals surface area (Å²) in [5.41, 5.74) is 0.324. The maximum absolute atomic E-state index is 11.9. The Morgan fingerprint density at radius 3 is 2.56 bits per heavy atom. The maximum atomic E-state index is 11.9. The van der Waals surface area contributed by atoms with Crippen LogP contribution in [0.2, 0.25) is 0 Å². The maximum Gasteiger partial charge on any atom is 0.282 e. The van der Waals surface area contributed by atoms with Crippen molar-refractivity contribution in [2.24, 2.45) is 0 Å². The molecule has 1 saturated heterocycles. The van der Waals surface area contributed by atoms with Crippen molar-refractivity contribution in [2.45, 2.75) is 0 Å². The molecule has 18 heavy (non-hydrogen) atoms. The lowest BCUT2D eigenvalue weighted by atomic mass is 10.1. The van der Waals surface area contributed by atoms with Crippen LogP contribution in [0.3, 0.4) is 0 Å². The molecular formula is C11H10N2O4S. The third kappa shape index (κ3) is 2.67. The first kappa shape index (κ1) is 12.6. The molecule has 0 unspecified atom stereocenters. The molecule has 1 aliphatic rings. The fraction of sp³-hybridized carbons (Fsp3) is 0.273. The predicted molar refractivity (Wildman–Crippen MR) is 66.9 cm³/mol. The van der Waals surface area contributed by atoms with Gasteiger partial charge in [-0.2, -0.15) is 0 Å². The molecule has 1 fully saturated rings. The normalized spacial score (nSPS) is 14.9. The van der Waals surface area contributed by atoms with Gasteiger partial charge < -0.3 is 4.90 Å². The minimum absolute atomic E-state index is 0.0314. The molecule has 1 aliphatic heterocycles. The number of nitro benzene ring substituents is 1. The molecule has 6 nitrogen and oxygen atoms in total. The van der Waals surface area contributed by atoms with Crippen molar-refractivity contribution in [3.05, 3.63) is 39.9 Å². The highest BCUT2D eigenvalue weighted by Gasteiger charge is 2.23. The van der Waals surface area contributed by atoms with Gasteiger partial charge in [-0.1, -0.05) is 11.8 Å². The SMILES string of the molecule is O=C(CN1CCSC1=O)c1ccc([N+](=O)[O-])cc1. The Labute approximate surface area is 107 Å². The average Bonchev–Trinajstić information content (AvgIpc) is 2.75. The number of ketones is 1. The molecule has 1 aromatic rings. The first-order chi connectivity index (χ1) is 8.58. The summed E-state index contributed by atoms with van der Waals surface area (Å²) in [6.45, 7) is 0.603. The van der Waals surface area contributed by atoms with Crippen LogP contribution >= 0.6 is 11.8 Å². The Morgan fingerprint density at radius 2 is 2.06 bits per heavy atom. The highest BCUT2D eigenvalue weighted by molar-refractivity contribution is 8.13. The van der Waals surface area contributed by atoms with Crippen molar-refractivity contribution in [1.29, 1.82) is 0 Å². The van der Waals surface area contributed by atoms with Crippen molar-refractivity contribution in [2.75, 3.05) is 18.8 Å². The molecule has 0 aromatic heterocycles. The number of hydrogen-bond acceptors (Lipinski definition) is 5. The Balaban J connectivity index is 2.04. The molecule has 94 valence electrons. The third-order valence-corrected chi connectivity index (χ3v) is 3.47. The molecule has 1 aromatic carbocycles. The molecule has 0 atom stereocenters. The summed E-state index contributed by atoms with van der Waals surface area (Å²) in [6.07, 6.45) is 0. The standard InChI is InChI=1S/C11H10N2O4S/c14-10(7-12-5-6-18-11(12)15)8-1-3-9(4-2-8)13(16)17/h1-4H,5-7H2. The summed E-state index contributed by atoms with van der Waals surface area (Å²) in [4.78, 5) is 34.6. The number of Topliss-reactive ketones (excluding diaryl/α,β-unsaturated/α-hetero) is 1. The number of rotatable bonds is 4. The first-order valence-corrected chi connectivity index (χ1v) is 6.26. The minimum Gasteiger partial charge on any atom is -0.325 e. The second kappa shape index (κ2) is 5.18. The summed E-state index contributed by atoms with van der Waals surface area (Å²) >= 11 is 1.19. The van der Waals surface area contributed by atoms with Crippen LogP contribution < -0.4 is 0 Å². The lowest BCUT2D eigenvalue weighted by Gasteiger charge is -2.12. The van der Waals surface area contributed by atoms with Crippen LogP contribution in [0, 0.1) is 10.1 Å². The number of nitrogens with zero attached hydrogens (tertiary/aromatic N) is 2. The molecule has 0 saturated carbocycles. The van der Waals surface area contributed by atoms with Gasteiger partial charge in [-0.15, -0.1) is 0 Å². The molecule has 0 N–H and O–H groups in total. The van der Waals surface area contributed by atoms with Crippen molar-refractivity contribution in [1.82, 2.24) is 4.90 Å². The quantitative estimate of drug-likeness (QED) is 0.472. The Kier molecular flexibility index (Phi) is 3.61. The Morgan fingerprint density at radius 1 is 1.39 bits per heavy atom. The van der Waals surface area contributed by atoms with Crippen molar-refractivity contribution in [3.63, 3.8) is 0 Å². The Hall–Kier alpha value is -1.89. The molecule has 2 rings (SSSR count). The number of hydrogen-bond donors (Lipinski definition) is 0. The van der Waals surface area contributed by atoms with Gasteiger partial charge in [-0.3, -0.25) is 19.7 Å². The molecule has 0 spiro atoms. The molecule has 0 radical (unpaired) electrons. The molecular weight excluding hydrogens is 256 g/mol. The molecule has 0 aliphatic carbocycles. The zero-order valence-electron chi connectivity index (χ0n) is 9.37. The second-order valence-electron chi connectivity index (χ2n) is 3.76. The van der Waals surface area contributed by atoms with Crippen LogP contribution in [0.15, 0.2) is 24.3 Å². The van der Waals surface area contributed by atoms with E-state index in [9.17, 15) is 19.7 Å². The van der Waals surface area contributed by atoms with E-state index in [4.69, 9.17) is 0 Å². The fourth-order valence-electron chi connectivity index (χ4n) is 1.60. The number of carbonyl (C=O) groups is 2. The van der Waals surface area contributed by atoms with E-state index in [1.807, 2.05) is 0 Å². The number of benzene rings is 1. The zero-order chi connectivity index (χ0) is 13.1. The van der Waals surface area contributed by atoms with Gasteiger partial charge in [0.25, 0.3) is 10.9 Å². The average molecular weight is 266 g/mol. The number of non-ortho nitro benzene ring substituents is 1. The topological polar surface area (TPSA) is 80.5 Å². The van der Waals surface area contributed by atoms with Gasteiger partial charge in [0.05, 0.1) is 11.5 Å². The van der Waals surface area contributed by atoms with Crippen LogP contribution in [0.5, 0.6) is 0 Å². The van der Waals surface area contributed by atoms with E-state index in [2.05, 4.69) is 0 Å². The summed E-state index contributed by atoms with van der Waals surface area (Å²) in [5, 5.41) is 10.4. The second-order valence-corrected chi connectivity index (χ2v) is 4.81. The smallest absolute Gasteiger partial charge is 0.282 e. The molecule has 1 amide bonds. The summed E-state index contributed by atoms with van der Waals surface area (Å²) in [6, 6.07) is 5.39. The summed E-state index contributed by atoms with van der Waals surface area (Å²) in [5.74, 6) is 0.493. The van der Waals surface area contributed by atoms with Gasteiger partial charge in [-0.25, -0.2) is 0 Å². The molecule has 1 heterocycles. The lowest BCUT2D eigenvalue weighted by molar-refractivity contribution is -0.384. The Bertz CT molecular complexity index is 500. The number of thioether (sulfide) groups is 1. The third-order valence-electron chi connectivity index (χ3n) is 2.58. The minimum atomic E-state index is -0.519. The van der Waals surface area contributed by atoms with E-state index >= 15 is 0 Å². The van der Waals surface area contributed by atoms with Gasteiger partial charge in [0.2, 0.25) is 0 Å². The highest BCUT2D eigenvalue weighted by Crippen LogP contribution is 2.18. The number of carbonyl (C=O) groups excluding carboxylic acids is 2. The van der Waals surface area contributed by atoms with E-state index in [-0.39, 0.29) is 23.3 Å². The van der Waals surface area contributed by atoms with Gasteiger partial charge >= 0.3 is 0 Å². The summed E-state index contributed by atoms with van der Waals surface area (Å²) in [7, 11) is 0. The van der Waals surface area contributed by atoms with E-state index in [1.54, 1.807) is 0 Å². The van der Waals surface area contributed by atoms with E-state index < -0.39 is 4.92 Å². The lowest BCUT2D eigenvalue weighted by Crippen LogP contribution is -2.29. The fourth-order valence-corrected chi connectivity index (χ4v) is 2.43. The number of amides is 1. The highest BCUT2D eigenvalue weighted by atomic mass is 32.2. The van der Waals surface area contributed by atoms with E-state index in [1.165, 1.54) is 40.9 Å². The van der Waals surface area contributed by atoms with Gasteiger partial charge in [0.15, 0.2) is 5.78 Å².